The Morgan fingerprint density at radius 2 is 1.84 bits per heavy atom. The Hall–Kier alpha value is -1.12. The van der Waals surface area contributed by atoms with Crippen LogP contribution in [0.2, 0.25) is 0 Å². The summed E-state index contributed by atoms with van der Waals surface area (Å²) >= 11 is 1.78. The van der Waals surface area contributed by atoms with Crippen LogP contribution in [0.5, 0.6) is 0 Å². The quantitative estimate of drug-likeness (QED) is 0.841. The Morgan fingerprint density at radius 3 is 2.37 bits per heavy atom. The second-order valence-electron chi connectivity index (χ2n) is 5.25. The Morgan fingerprint density at radius 1 is 1.16 bits per heavy atom. The molecule has 1 N–H and O–H groups in total. The van der Waals surface area contributed by atoms with E-state index in [1.54, 1.807) is 11.3 Å². The molecule has 1 atom stereocenters. The van der Waals surface area contributed by atoms with Crippen LogP contribution in [0.3, 0.4) is 0 Å². The Balaban J connectivity index is 2.27. The van der Waals surface area contributed by atoms with Crippen molar-refractivity contribution in [3.8, 4) is 0 Å². The first-order valence-corrected chi connectivity index (χ1v) is 7.88. The van der Waals surface area contributed by atoms with Crippen LogP contribution in [0.15, 0.2) is 29.0 Å². The van der Waals surface area contributed by atoms with E-state index in [0.29, 0.717) is 6.04 Å². The van der Waals surface area contributed by atoms with Crippen molar-refractivity contribution in [2.75, 3.05) is 6.54 Å². The molecule has 2 rings (SSSR count). The molecule has 102 valence electrons. The number of likely N-dealkylation sites (N-methyl/N-ethyl adjacent to an activating group) is 1. The van der Waals surface area contributed by atoms with Crippen LogP contribution < -0.4 is 5.32 Å². The van der Waals surface area contributed by atoms with Gasteiger partial charge in [0.25, 0.3) is 0 Å². The van der Waals surface area contributed by atoms with Gasteiger partial charge in [0.05, 0.1) is 0 Å². The van der Waals surface area contributed by atoms with Gasteiger partial charge in [0.1, 0.15) is 0 Å². The maximum Gasteiger partial charge on any atom is 0.0369 e. The van der Waals surface area contributed by atoms with Gasteiger partial charge in [0.15, 0.2) is 0 Å². The van der Waals surface area contributed by atoms with Crippen molar-refractivity contribution in [1.82, 2.24) is 5.32 Å². The molecule has 0 aliphatic heterocycles. The first-order chi connectivity index (χ1) is 9.11. The molecule has 0 aliphatic carbocycles. The highest BCUT2D eigenvalue weighted by Crippen LogP contribution is 2.25. The van der Waals surface area contributed by atoms with E-state index < -0.39 is 0 Å². The van der Waals surface area contributed by atoms with Gasteiger partial charge in [-0.2, -0.15) is 11.3 Å². The van der Waals surface area contributed by atoms with Crippen molar-refractivity contribution in [2.24, 2.45) is 0 Å². The zero-order valence-electron chi connectivity index (χ0n) is 12.3. The molecule has 2 heteroatoms. The largest absolute Gasteiger partial charge is 0.310 e. The minimum Gasteiger partial charge on any atom is -0.310 e. The first kappa shape index (κ1) is 14.3. The average molecular weight is 273 g/mol. The number of nitrogens with one attached hydrogen (secondary N) is 1. The predicted molar refractivity (Wildman–Crippen MR) is 85.1 cm³/mol. The van der Waals surface area contributed by atoms with Crippen molar-refractivity contribution in [3.63, 3.8) is 0 Å². The molecule has 0 radical (unpaired) electrons. The van der Waals surface area contributed by atoms with Gasteiger partial charge in [-0.3, -0.25) is 0 Å². The maximum absolute atomic E-state index is 3.61. The Labute approximate surface area is 120 Å². The summed E-state index contributed by atoms with van der Waals surface area (Å²) in [6, 6.07) is 7.24. The van der Waals surface area contributed by atoms with E-state index in [1.165, 1.54) is 27.8 Å². The van der Waals surface area contributed by atoms with Crippen LogP contribution in [0.25, 0.3) is 0 Å². The zero-order valence-corrected chi connectivity index (χ0v) is 13.1. The minimum absolute atomic E-state index is 0.427. The molecule has 19 heavy (non-hydrogen) atoms. The van der Waals surface area contributed by atoms with Gasteiger partial charge in [-0.15, -0.1) is 0 Å². The molecule has 1 aromatic heterocycles. The number of hydrogen-bond acceptors (Lipinski definition) is 2. The lowest BCUT2D eigenvalue weighted by molar-refractivity contribution is 0.549. The third-order valence-corrected chi connectivity index (χ3v) is 4.35. The Kier molecular flexibility index (Phi) is 4.78. The lowest BCUT2D eigenvalue weighted by atomic mass is 9.92. The zero-order chi connectivity index (χ0) is 13.8. The molecule has 0 spiro atoms. The minimum atomic E-state index is 0.427. The highest BCUT2D eigenvalue weighted by molar-refractivity contribution is 7.07. The van der Waals surface area contributed by atoms with Gasteiger partial charge in [-0.25, -0.2) is 0 Å². The van der Waals surface area contributed by atoms with Crippen molar-refractivity contribution < 1.29 is 0 Å². The molecule has 1 heterocycles. The van der Waals surface area contributed by atoms with Gasteiger partial charge in [-0.05, 0) is 72.8 Å². The molecule has 1 aromatic carbocycles. The van der Waals surface area contributed by atoms with E-state index >= 15 is 0 Å². The lowest BCUT2D eigenvalue weighted by Gasteiger charge is -2.20. The van der Waals surface area contributed by atoms with E-state index in [-0.39, 0.29) is 0 Å². The van der Waals surface area contributed by atoms with Gasteiger partial charge >= 0.3 is 0 Å². The molecular formula is C17H23NS. The lowest BCUT2D eigenvalue weighted by Crippen LogP contribution is -2.23. The van der Waals surface area contributed by atoms with Gasteiger partial charge in [-0.1, -0.05) is 24.6 Å². The molecule has 1 unspecified atom stereocenters. The summed E-state index contributed by atoms with van der Waals surface area (Å²) in [5.41, 5.74) is 7.08. The van der Waals surface area contributed by atoms with Crippen LogP contribution in [-0.2, 0) is 6.42 Å². The molecule has 0 saturated heterocycles. The van der Waals surface area contributed by atoms with Crippen molar-refractivity contribution in [3.05, 3.63) is 56.8 Å². The molecule has 1 nitrogen and oxygen atoms in total. The normalized spacial score (nSPS) is 12.6. The smallest absolute Gasteiger partial charge is 0.0369 e. The summed E-state index contributed by atoms with van der Waals surface area (Å²) in [7, 11) is 0. The van der Waals surface area contributed by atoms with Crippen LogP contribution in [0.4, 0.5) is 0 Å². The second kappa shape index (κ2) is 6.36. The van der Waals surface area contributed by atoms with Gasteiger partial charge < -0.3 is 5.32 Å². The van der Waals surface area contributed by atoms with Crippen LogP contribution in [0.1, 0.15) is 40.8 Å². The highest BCUT2D eigenvalue weighted by atomic mass is 32.1. The average Bonchev–Trinajstić information content (AvgIpc) is 2.85. The third-order valence-electron chi connectivity index (χ3n) is 3.64. The van der Waals surface area contributed by atoms with Crippen molar-refractivity contribution >= 4 is 11.3 Å². The fraction of sp³-hybridized carbons (Fsp3) is 0.412. The number of thiophene rings is 1. The summed E-state index contributed by atoms with van der Waals surface area (Å²) in [6.45, 7) is 9.81. The molecular weight excluding hydrogens is 250 g/mol. The maximum atomic E-state index is 3.61. The summed E-state index contributed by atoms with van der Waals surface area (Å²) < 4.78 is 0. The topological polar surface area (TPSA) is 12.0 Å². The summed E-state index contributed by atoms with van der Waals surface area (Å²) in [6.07, 6.45) is 1.07. The van der Waals surface area contributed by atoms with Gasteiger partial charge in [0.2, 0.25) is 0 Å². The van der Waals surface area contributed by atoms with E-state index in [2.05, 4.69) is 62.0 Å². The number of rotatable bonds is 5. The molecule has 2 aromatic rings. The van der Waals surface area contributed by atoms with Gasteiger partial charge in [0, 0.05) is 6.04 Å². The fourth-order valence-electron chi connectivity index (χ4n) is 2.76. The molecule has 0 aliphatic rings. The van der Waals surface area contributed by atoms with E-state index in [4.69, 9.17) is 0 Å². The monoisotopic (exact) mass is 273 g/mol. The summed E-state index contributed by atoms with van der Waals surface area (Å²) in [5.74, 6) is 0. The third kappa shape index (κ3) is 3.46. The van der Waals surface area contributed by atoms with E-state index in [1.807, 2.05) is 0 Å². The van der Waals surface area contributed by atoms with Crippen LogP contribution >= 0.6 is 11.3 Å². The number of aryl methyl sites for hydroxylation is 3. The summed E-state index contributed by atoms with van der Waals surface area (Å²) in [5, 5.41) is 8.03. The highest BCUT2D eigenvalue weighted by Gasteiger charge is 2.14. The SMILES string of the molecule is CCNC(Cc1c(C)cc(C)cc1C)c1ccsc1. The predicted octanol–water partition coefficient (Wildman–Crippen LogP) is 4.57. The van der Waals surface area contributed by atoms with Crippen molar-refractivity contribution in [2.45, 2.75) is 40.2 Å². The van der Waals surface area contributed by atoms with Crippen molar-refractivity contribution in [1.29, 1.82) is 0 Å². The van der Waals surface area contributed by atoms with Crippen LogP contribution in [-0.4, -0.2) is 6.54 Å². The molecule has 0 bridgehead atoms. The molecule has 0 amide bonds. The summed E-state index contributed by atoms with van der Waals surface area (Å²) in [4.78, 5) is 0. The number of hydrogen-bond donors (Lipinski definition) is 1. The first-order valence-electron chi connectivity index (χ1n) is 6.94. The van der Waals surface area contributed by atoms with E-state index in [9.17, 15) is 0 Å². The van der Waals surface area contributed by atoms with E-state index in [0.717, 1.165) is 13.0 Å². The molecule has 0 saturated carbocycles. The second-order valence-corrected chi connectivity index (χ2v) is 6.03. The number of benzene rings is 1. The molecule has 0 fully saturated rings. The fourth-order valence-corrected chi connectivity index (χ4v) is 3.48. The van der Waals surface area contributed by atoms with Crippen LogP contribution in [0, 0.1) is 20.8 Å². The standard InChI is InChI=1S/C17H23NS/c1-5-18-17(15-6-7-19-11-15)10-16-13(3)8-12(2)9-14(16)4/h6-9,11,17-18H,5,10H2,1-4H3. The Bertz CT molecular complexity index is 505.